The third-order valence-corrected chi connectivity index (χ3v) is 4.34. The highest BCUT2D eigenvalue weighted by atomic mass is 16.2. The fourth-order valence-corrected chi connectivity index (χ4v) is 3.01. The van der Waals surface area contributed by atoms with Gasteiger partial charge in [-0.2, -0.15) is 0 Å². The Hall–Kier alpha value is -2.49. The van der Waals surface area contributed by atoms with E-state index in [0.29, 0.717) is 6.54 Å². The molecular formula is C19H23N3O. The Balaban J connectivity index is 1.52. The predicted molar refractivity (Wildman–Crippen MR) is 93.6 cm³/mol. The molecule has 0 bridgehead atoms. The molecule has 0 aliphatic heterocycles. The molecule has 23 heavy (non-hydrogen) atoms. The largest absolute Gasteiger partial charge is 0.378 e. The maximum absolute atomic E-state index is 12.1. The van der Waals surface area contributed by atoms with Crippen molar-refractivity contribution in [2.75, 3.05) is 19.0 Å². The van der Waals surface area contributed by atoms with Crippen LogP contribution in [0, 0.1) is 0 Å². The smallest absolute Gasteiger partial charge is 0.315 e. The normalized spacial score (nSPS) is 15.8. The minimum Gasteiger partial charge on any atom is -0.378 e. The van der Waals surface area contributed by atoms with E-state index in [4.69, 9.17) is 0 Å². The van der Waals surface area contributed by atoms with Crippen LogP contribution in [0.2, 0.25) is 0 Å². The maximum Gasteiger partial charge on any atom is 0.315 e. The van der Waals surface area contributed by atoms with E-state index < -0.39 is 0 Å². The molecule has 2 aromatic rings. The van der Waals surface area contributed by atoms with Gasteiger partial charge >= 0.3 is 6.03 Å². The summed E-state index contributed by atoms with van der Waals surface area (Å²) in [6, 6.07) is 16.5. The van der Waals surface area contributed by atoms with Crippen molar-refractivity contribution >= 4 is 11.7 Å². The first-order valence-electron chi connectivity index (χ1n) is 8.02. The van der Waals surface area contributed by atoms with Gasteiger partial charge in [-0.15, -0.1) is 0 Å². The zero-order valence-electron chi connectivity index (χ0n) is 13.7. The molecule has 4 heteroatoms. The lowest BCUT2D eigenvalue weighted by atomic mass is 10.1. The molecule has 0 heterocycles. The van der Waals surface area contributed by atoms with Gasteiger partial charge in [-0.05, 0) is 41.7 Å². The number of aryl methyl sites for hydroxylation is 1. The number of hydrogen-bond acceptors (Lipinski definition) is 2. The Morgan fingerprint density at radius 3 is 2.61 bits per heavy atom. The first kappa shape index (κ1) is 15.4. The van der Waals surface area contributed by atoms with E-state index in [1.807, 2.05) is 32.3 Å². The number of fused-ring (bicyclic) bond motifs is 1. The van der Waals surface area contributed by atoms with Crippen LogP contribution in [0.15, 0.2) is 48.5 Å². The third kappa shape index (κ3) is 3.65. The average Bonchev–Trinajstić information content (AvgIpc) is 2.96. The number of amides is 2. The number of benzene rings is 2. The number of anilines is 1. The fraction of sp³-hybridized carbons (Fsp3) is 0.316. The van der Waals surface area contributed by atoms with Gasteiger partial charge in [0.2, 0.25) is 0 Å². The highest BCUT2D eigenvalue weighted by molar-refractivity contribution is 5.74. The van der Waals surface area contributed by atoms with Gasteiger partial charge in [0.05, 0.1) is 6.04 Å². The second kappa shape index (κ2) is 6.73. The van der Waals surface area contributed by atoms with Crippen molar-refractivity contribution < 1.29 is 4.79 Å². The van der Waals surface area contributed by atoms with E-state index in [2.05, 4.69) is 45.9 Å². The summed E-state index contributed by atoms with van der Waals surface area (Å²) in [4.78, 5) is 14.2. The maximum atomic E-state index is 12.1. The van der Waals surface area contributed by atoms with Gasteiger partial charge in [-0.25, -0.2) is 4.79 Å². The molecule has 1 aliphatic rings. The highest BCUT2D eigenvalue weighted by Crippen LogP contribution is 2.30. The number of nitrogens with zero attached hydrogens (tertiary/aromatic N) is 1. The lowest BCUT2D eigenvalue weighted by Crippen LogP contribution is -2.36. The lowest BCUT2D eigenvalue weighted by Gasteiger charge is -2.15. The molecule has 2 aromatic carbocycles. The van der Waals surface area contributed by atoms with Crippen molar-refractivity contribution in [2.24, 2.45) is 0 Å². The van der Waals surface area contributed by atoms with E-state index in [9.17, 15) is 4.79 Å². The molecule has 1 aliphatic carbocycles. The number of rotatable bonds is 4. The summed E-state index contributed by atoms with van der Waals surface area (Å²) in [5, 5.41) is 6.02. The number of carbonyl (C=O) groups is 1. The Labute approximate surface area is 137 Å². The van der Waals surface area contributed by atoms with Crippen LogP contribution in [0.3, 0.4) is 0 Å². The van der Waals surface area contributed by atoms with E-state index in [1.54, 1.807) is 0 Å². The molecule has 0 saturated heterocycles. The second-order valence-electron chi connectivity index (χ2n) is 6.18. The Morgan fingerprint density at radius 1 is 1.13 bits per heavy atom. The van der Waals surface area contributed by atoms with Gasteiger partial charge in [-0.3, -0.25) is 0 Å². The number of carbonyl (C=O) groups excluding carboxylic acids is 1. The Bertz CT molecular complexity index is 679. The summed E-state index contributed by atoms with van der Waals surface area (Å²) < 4.78 is 0. The van der Waals surface area contributed by atoms with E-state index in [1.165, 1.54) is 11.1 Å². The Morgan fingerprint density at radius 2 is 1.87 bits per heavy atom. The SMILES string of the molecule is CN(C)c1ccc(CNC(=O)NC2CCc3ccccc32)cc1. The Kier molecular flexibility index (Phi) is 4.51. The van der Waals surface area contributed by atoms with Crippen LogP contribution >= 0.6 is 0 Å². The van der Waals surface area contributed by atoms with Crippen LogP contribution in [-0.2, 0) is 13.0 Å². The molecule has 2 amide bonds. The zero-order chi connectivity index (χ0) is 16.2. The molecule has 4 nitrogen and oxygen atoms in total. The van der Waals surface area contributed by atoms with Gasteiger partial charge in [-0.1, -0.05) is 36.4 Å². The minimum absolute atomic E-state index is 0.108. The predicted octanol–water partition coefficient (Wildman–Crippen LogP) is 3.24. The van der Waals surface area contributed by atoms with Crippen LogP contribution in [-0.4, -0.2) is 20.1 Å². The quantitative estimate of drug-likeness (QED) is 0.910. The van der Waals surface area contributed by atoms with Crippen LogP contribution in [0.25, 0.3) is 0 Å². The number of urea groups is 1. The third-order valence-electron chi connectivity index (χ3n) is 4.34. The average molecular weight is 309 g/mol. The van der Waals surface area contributed by atoms with Gasteiger partial charge < -0.3 is 15.5 Å². The molecule has 3 rings (SSSR count). The standard InChI is InChI=1S/C19H23N3O/c1-22(2)16-10-7-14(8-11-16)13-20-19(23)21-18-12-9-15-5-3-4-6-17(15)18/h3-8,10-11,18H,9,12-13H2,1-2H3,(H2,20,21,23). The monoisotopic (exact) mass is 309 g/mol. The van der Waals surface area contributed by atoms with Gasteiger partial charge in [0, 0.05) is 26.3 Å². The van der Waals surface area contributed by atoms with Crippen molar-refractivity contribution in [3.8, 4) is 0 Å². The summed E-state index contributed by atoms with van der Waals surface area (Å²) in [7, 11) is 4.03. The summed E-state index contributed by atoms with van der Waals surface area (Å²) in [5.74, 6) is 0. The molecule has 1 atom stereocenters. The zero-order valence-corrected chi connectivity index (χ0v) is 13.7. The van der Waals surface area contributed by atoms with E-state index >= 15 is 0 Å². The van der Waals surface area contributed by atoms with Crippen LogP contribution in [0.4, 0.5) is 10.5 Å². The topological polar surface area (TPSA) is 44.4 Å². The van der Waals surface area contributed by atoms with Crippen molar-refractivity contribution in [1.29, 1.82) is 0 Å². The molecular weight excluding hydrogens is 286 g/mol. The molecule has 0 saturated carbocycles. The molecule has 0 spiro atoms. The first-order valence-corrected chi connectivity index (χ1v) is 8.02. The first-order chi connectivity index (χ1) is 11.1. The minimum atomic E-state index is -0.108. The summed E-state index contributed by atoms with van der Waals surface area (Å²) >= 11 is 0. The molecule has 0 radical (unpaired) electrons. The molecule has 0 aromatic heterocycles. The van der Waals surface area contributed by atoms with E-state index in [0.717, 1.165) is 24.1 Å². The molecule has 2 N–H and O–H groups in total. The van der Waals surface area contributed by atoms with Crippen molar-refractivity contribution in [3.63, 3.8) is 0 Å². The van der Waals surface area contributed by atoms with Crippen LogP contribution in [0.1, 0.15) is 29.2 Å². The number of nitrogens with one attached hydrogen (secondary N) is 2. The summed E-state index contributed by atoms with van der Waals surface area (Å²) in [5.41, 5.74) is 4.84. The lowest BCUT2D eigenvalue weighted by molar-refractivity contribution is 0.236. The van der Waals surface area contributed by atoms with Crippen molar-refractivity contribution in [2.45, 2.75) is 25.4 Å². The van der Waals surface area contributed by atoms with Gasteiger partial charge in [0.25, 0.3) is 0 Å². The van der Waals surface area contributed by atoms with Gasteiger partial charge in [0.15, 0.2) is 0 Å². The molecule has 0 fully saturated rings. The van der Waals surface area contributed by atoms with Crippen molar-refractivity contribution in [1.82, 2.24) is 10.6 Å². The second-order valence-corrected chi connectivity index (χ2v) is 6.18. The summed E-state index contributed by atoms with van der Waals surface area (Å²) in [6.07, 6.45) is 2.01. The summed E-state index contributed by atoms with van der Waals surface area (Å²) in [6.45, 7) is 0.536. The van der Waals surface area contributed by atoms with Crippen LogP contribution < -0.4 is 15.5 Å². The number of hydrogen-bond donors (Lipinski definition) is 2. The van der Waals surface area contributed by atoms with Gasteiger partial charge in [0.1, 0.15) is 0 Å². The van der Waals surface area contributed by atoms with Crippen molar-refractivity contribution in [3.05, 3.63) is 65.2 Å². The van der Waals surface area contributed by atoms with E-state index in [-0.39, 0.29) is 12.1 Å². The van der Waals surface area contributed by atoms with Crippen LogP contribution in [0.5, 0.6) is 0 Å². The fourth-order valence-electron chi connectivity index (χ4n) is 3.01. The highest BCUT2D eigenvalue weighted by Gasteiger charge is 2.23. The molecule has 1 unspecified atom stereocenters. The molecule has 120 valence electrons.